The van der Waals surface area contributed by atoms with Crippen molar-refractivity contribution >= 4 is 17.5 Å². The number of carbonyl (C=O) groups excluding carboxylic acids is 2. The summed E-state index contributed by atoms with van der Waals surface area (Å²) in [6, 6.07) is 11.9. The van der Waals surface area contributed by atoms with Crippen LogP contribution in [0, 0.1) is 11.6 Å². The highest BCUT2D eigenvalue weighted by atomic mass is 19.1. The molecule has 7 heteroatoms. The number of benzene rings is 2. The molecule has 1 N–H and O–H groups in total. The molecule has 5 nitrogen and oxygen atoms in total. The number of nitrogens with zero attached hydrogens (tertiary/aromatic N) is 2. The van der Waals surface area contributed by atoms with Crippen LogP contribution in [0.3, 0.4) is 0 Å². The molecule has 0 unspecified atom stereocenters. The largest absolute Gasteiger partial charge is 0.340 e. The molecule has 0 aromatic heterocycles. The van der Waals surface area contributed by atoms with Crippen molar-refractivity contribution in [1.29, 1.82) is 0 Å². The molecule has 148 valence electrons. The standard InChI is InChI=1S/C21H23F2N3O2/c22-17-5-7-19(8-6-17)24-20(27)15-25-10-12-26(13-11-25)21(28)9-4-16-2-1-3-18(23)14-16/h1-3,5-8,14H,4,9-13,15H2,(H,24,27). The van der Waals surface area contributed by atoms with Gasteiger partial charge >= 0.3 is 0 Å². The molecule has 0 spiro atoms. The molecule has 0 atom stereocenters. The van der Waals surface area contributed by atoms with Gasteiger partial charge in [0.1, 0.15) is 11.6 Å². The van der Waals surface area contributed by atoms with Crippen LogP contribution in [0.15, 0.2) is 48.5 Å². The zero-order chi connectivity index (χ0) is 19.9. The number of rotatable bonds is 6. The van der Waals surface area contributed by atoms with E-state index in [0.29, 0.717) is 44.7 Å². The summed E-state index contributed by atoms with van der Waals surface area (Å²) in [6.07, 6.45) is 0.853. The second-order valence-corrected chi connectivity index (χ2v) is 6.84. The first-order chi connectivity index (χ1) is 13.5. The van der Waals surface area contributed by atoms with Gasteiger partial charge in [-0.1, -0.05) is 12.1 Å². The number of amides is 2. The normalized spacial score (nSPS) is 14.7. The molecule has 0 saturated carbocycles. The zero-order valence-corrected chi connectivity index (χ0v) is 15.5. The fourth-order valence-electron chi connectivity index (χ4n) is 3.19. The molecule has 1 aliphatic heterocycles. The summed E-state index contributed by atoms with van der Waals surface area (Å²) in [5, 5.41) is 2.73. The molecule has 2 aromatic rings. The summed E-state index contributed by atoms with van der Waals surface area (Å²) in [5.41, 5.74) is 1.36. The van der Waals surface area contributed by atoms with Crippen molar-refractivity contribution in [3.8, 4) is 0 Å². The third-order valence-corrected chi connectivity index (χ3v) is 4.74. The summed E-state index contributed by atoms with van der Waals surface area (Å²) in [7, 11) is 0. The van der Waals surface area contributed by atoms with Gasteiger partial charge in [-0.2, -0.15) is 0 Å². The van der Waals surface area contributed by atoms with Crippen molar-refractivity contribution in [2.75, 3.05) is 38.0 Å². The quantitative estimate of drug-likeness (QED) is 0.829. The first kappa shape index (κ1) is 19.9. The molecule has 2 amide bonds. The Morgan fingerprint density at radius 3 is 2.32 bits per heavy atom. The number of hydrogen-bond donors (Lipinski definition) is 1. The number of piperazine rings is 1. The fraction of sp³-hybridized carbons (Fsp3) is 0.333. The summed E-state index contributed by atoms with van der Waals surface area (Å²) in [4.78, 5) is 28.2. The summed E-state index contributed by atoms with van der Waals surface area (Å²) in [5.74, 6) is -0.772. The van der Waals surface area contributed by atoms with Crippen LogP contribution in [0.1, 0.15) is 12.0 Å². The van der Waals surface area contributed by atoms with Crippen LogP contribution >= 0.6 is 0 Å². The first-order valence-corrected chi connectivity index (χ1v) is 9.29. The van der Waals surface area contributed by atoms with Gasteiger partial charge in [-0.25, -0.2) is 8.78 Å². The topological polar surface area (TPSA) is 52.7 Å². The van der Waals surface area contributed by atoms with Gasteiger partial charge in [-0.3, -0.25) is 14.5 Å². The molecule has 1 heterocycles. The predicted octanol–water partition coefficient (Wildman–Crippen LogP) is 2.68. The minimum Gasteiger partial charge on any atom is -0.340 e. The maximum Gasteiger partial charge on any atom is 0.238 e. The molecular weight excluding hydrogens is 364 g/mol. The Balaban J connectivity index is 1.39. The second-order valence-electron chi connectivity index (χ2n) is 6.84. The molecule has 28 heavy (non-hydrogen) atoms. The number of aryl methyl sites for hydroxylation is 1. The van der Waals surface area contributed by atoms with Gasteiger partial charge in [0.2, 0.25) is 11.8 Å². The third kappa shape index (κ3) is 5.85. The molecule has 0 bridgehead atoms. The lowest BCUT2D eigenvalue weighted by Crippen LogP contribution is -2.50. The number of halogens is 2. The number of carbonyl (C=O) groups is 2. The van der Waals surface area contributed by atoms with Crippen molar-refractivity contribution in [2.24, 2.45) is 0 Å². The van der Waals surface area contributed by atoms with E-state index >= 15 is 0 Å². The van der Waals surface area contributed by atoms with Crippen LogP contribution < -0.4 is 5.32 Å². The average Bonchev–Trinajstić information content (AvgIpc) is 2.68. The second kappa shape index (κ2) is 9.41. The average molecular weight is 387 g/mol. The number of nitrogens with one attached hydrogen (secondary N) is 1. The van der Waals surface area contributed by atoms with E-state index in [-0.39, 0.29) is 30.0 Å². The van der Waals surface area contributed by atoms with E-state index < -0.39 is 0 Å². The maximum atomic E-state index is 13.2. The van der Waals surface area contributed by atoms with Crippen LogP contribution in [0.4, 0.5) is 14.5 Å². The van der Waals surface area contributed by atoms with Gasteiger partial charge in [0, 0.05) is 38.3 Å². The highest BCUT2D eigenvalue weighted by molar-refractivity contribution is 5.92. The van der Waals surface area contributed by atoms with Crippen molar-refractivity contribution in [3.05, 3.63) is 65.7 Å². The van der Waals surface area contributed by atoms with Gasteiger partial charge in [0.15, 0.2) is 0 Å². The highest BCUT2D eigenvalue weighted by Crippen LogP contribution is 2.11. The van der Waals surface area contributed by atoms with Gasteiger partial charge in [0.05, 0.1) is 6.54 Å². The molecule has 0 radical (unpaired) electrons. The van der Waals surface area contributed by atoms with Crippen LogP contribution in [-0.4, -0.2) is 54.3 Å². The van der Waals surface area contributed by atoms with Crippen LogP contribution in [0.5, 0.6) is 0 Å². The molecule has 1 saturated heterocycles. The van der Waals surface area contributed by atoms with E-state index in [1.165, 1.54) is 36.4 Å². The van der Waals surface area contributed by atoms with E-state index in [0.717, 1.165) is 5.56 Å². The molecule has 1 fully saturated rings. The predicted molar refractivity (Wildman–Crippen MR) is 103 cm³/mol. The van der Waals surface area contributed by atoms with Crippen LogP contribution in [0.2, 0.25) is 0 Å². The van der Waals surface area contributed by atoms with Gasteiger partial charge < -0.3 is 10.2 Å². The van der Waals surface area contributed by atoms with E-state index in [9.17, 15) is 18.4 Å². The highest BCUT2D eigenvalue weighted by Gasteiger charge is 2.22. The Bertz CT molecular complexity index is 819. The molecule has 0 aliphatic carbocycles. The van der Waals surface area contributed by atoms with E-state index in [4.69, 9.17) is 0 Å². The Morgan fingerprint density at radius 1 is 0.929 bits per heavy atom. The Kier molecular flexibility index (Phi) is 6.71. The van der Waals surface area contributed by atoms with Crippen molar-refractivity contribution < 1.29 is 18.4 Å². The Labute approximate surface area is 162 Å². The maximum absolute atomic E-state index is 13.2. The summed E-state index contributed by atoms with van der Waals surface area (Å²) in [6.45, 7) is 2.57. The Hall–Kier alpha value is -2.80. The monoisotopic (exact) mass is 387 g/mol. The van der Waals surface area contributed by atoms with E-state index in [1.807, 2.05) is 11.0 Å². The number of anilines is 1. The lowest BCUT2D eigenvalue weighted by atomic mass is 10.1. The van der Waals surface area contributed by atoms with Gasteiger partial charge in [0.25, 0.3) is 0 Å². The van der Waals surface area contributed by atoms with E-state index in [1.54, 1.807) is 11.0 Å². The van der Waals surface area contributed by atoms with Gasteiger partial charge in [-0.15, -0.1) is 0 Å². The third-order valence-electron chi connectivity index (χ3n) is 4.74. The minimum absolute atomic E-state index is 0.0414. The van der Waals surface area contributed by atoms with Crippen LogP contribution in [0.25, 0.3) is 0 Å². The SMILES string of the molecule is O=C(CN1CCN(C(=O)CCc2cccc(F)c2)CC1)Nc1ccc(F)cc1. The van der Waals surface area contributed by atoms with Crippen molar-refractivity contribution in [3.63, 3.8) is 0 Å². The van der Waals surface area contributed by atoms with Crippen molar-refractivity contribution in [2.45, 2.75) is 12.8 Å². The number of hydrogen-bond acceptors (Lipinski definition) is 3. The minimum atomic E-state index is -0.351. The zero-order valence-electron chi connectivity index (χ0n) is 15.5. The molecule has 3 rings (SSSR count). The van der Waals surface area contributed by atoms with Crippen molar-refractivity contribution in [1.82, 2.24) is 9.80 Å². The lowest BCUT2D eigenvalue weighted by molar-refractivity contribution is -0.133. The van der Waals surface area contributed by atoms with Gasteiger partial charge in [-0.05, 0) is 48.4 Å². The molecule has 2 aromatic carbocycles. The van der Waals surface area contributed by atoms with E-state index in [2.05, 4.69) is 5.32 Å². The lowest BCUT2D eigenvalue weighted by Gasteiger charge is -2.34. The first-order valence-electron chi connectivity index (χ1n) is 9.29. The molecule has 1 aliphatic rings. The fourth-order valence-corrected chi connectivity index (χ4v) is 3.19. The Morgan fingerprint density at radius 2 is 1.64 bits per heavy atom. The smallest absolute Gasteiger partial charge is 0.238 e. The van der Waals surface area contributed by atoms with Crippen LogP contribution in [-0.2, 0) is 16.0 Å². The summed E-state index contributed by atoms with van der Waals surface area (Å²) >= 11 is 0. The molecular formula is C21H23F2N3O2. The summed E-state index contributed by atoms with van der Waals surface area (Å²) < 4.78 is 26.1.